The summed E-state index contributed by atoms with van der Waals surface area (Å²) in [6, 6.07) is 13.9. The van der Waals surface area contributed by atoms with Crippen LogP contribution in [0.4, 0.5) is 0 Å². The van der Waals surface area contributed by atoms with Gasteiger partial charge in [0.25, 0.3) is 0 Å². The zero-order valence-corrected chi connectivity index (χ0v) is 11.4. The van der Waals surface area contributed by atoms with E-state index < -0.39 is 0 Å². The third-order valence-electron chi connectivity index (χ3n) is 3.41. The van der Waals surface area contributed by atoms with Gasteiger partial charge in [0.15, 0.2) is 0 Å². The van der Waals surface area contributed by atoms with Crippen LogP contribution in [-0.2, 0) is 5.41 Å². The van der Waals surface area contributed by atoms with Crippen LogP contribution < -0.4 is 5.63 Å². The number of hydrogen-bond donors (Lipinski definition) is 0. The van der Waals surface area contributed by atoms with Crippen LogP contribution in [0.2, 0.25) is 0 Å². The largest absolute Gasteiger partial charge is 0.427 e. The number of hydrogen-bond acceptors (Lipinski definition) is 2. The fourth-order valence-electron chi connectivity index (χ4n) is 2.31. The average Bonchev–Trinajstić information content (AvgIpc) is 2.37. The van der Waals surface area contributed by atoms with Crippen LogP contribution in [0.15, 0.2) is 51.7 Å². The van der Waals surface area contributed by atoms with Crippen LogP contribution in [-0.4, -0.2) is 0 Å². The van der Waals surface area contributed by atoms with Crippen molar-refractivity contribution in [3.8, 4) is 0 Å². The lowest BCUT2D eigenvalue weighted by molar-refractivity contribution is 0.382. The van der Waals surface area contributed by atoms with E-state index in [2.05, 4.69) is 6.07 Å². The van der Waals surface area contributed by atoms with Gasteiger partial charge in [0.2, 0.25) is 0 Å². The molecule has 0 N–H and O–H groups in total. The van der Waals surface area contributed by atoms with Gasteiger partial charge >= 0.3 is 5.63 Å². The van der Waals surface area contributed by atoms with Crippen LogP contribution in [0.3, 0.4) is 0 Å². The topological polar surface area (TPSA) is 30.2 Å². The van der Waals surface area contributed by atoms with Crippen molar-refractivity contribution in [1.29, 1.82) is 0 Å². The first kappa shape index (κ1) is 12.0. The molecular weight excluding hydrogens is 236 g/mol. The highest BCUT2D eigenvalue weighted by molar-refractivity contribution is 6.07. The summed E-state index contributed by atoms with van der Waals surface area (Å²) in [5.41, 5.74) is -0.433. The first-order valence-corrected chi connectivity index (χ1v) is 6.43. The molecule has 3 rings (SSSR count). The molecule has 0 unspecified atom stereocenters. The Kier molecular flexibility index (Phi) is 2.49. The van der Waals surface area contributed by atoms with Crippen molar-refractivity contribution in [3.63, 3.8) is 0 Å². The van der Waals surface area contributed by atoms with Crippen molar-refractivity contribution in [1.82, 2.24) is 0 Å². The fraction of sp³-hybridized carbons (Fsp3) is 0.235. The van der Waals surface area contributed by atoms with E-state index in [1.165, 1.54) is 0 Å². The molecule has 0 spiro atoms. The van der Waals surface area contributed by atoms with Crippen LogP contribution in [0.5, 0.6) is 0 Å². The van der Waals surface area contributed by atoms with E-state index >= 15 is 0 Å². The third-order valence-corrected chi connectivity index (χ3v) is 3.41. The molecule has 0 aliphatic carbocycles. The monoisotopic (exact) mass is 252 g/mol. The minimum Gasteiger partial charge on any atom is -0.427 e. The summed E-state index contributed by atoms with van der Waals surface area (Å²) < 4.78 is 5.45. The molecule has 0 saturated carbocycles. The van der Waals surface area contributed by atoms with Crippen molar-refractivity contribution in [3.05, 3.63) is 58.6 Å². The quantitative estimate of drug-likeness (QED) is 0.560. The van der Waals surface area contributed by atoms with Crippen LogP contribution in [0.1, 0.15) is 26.5 Å². The lowest BCUT2D eigenvalue weighted by atomic mass is 9.91. The smallest absolute Gasteiger partial charge is 0.343 e. The SMILES string of the molecule is CC(C)(C)c1cc2c(ccc3ccccc32)c(=O)o1. The predicted octanol–water partition coefficient (Wildman–Crippen LogP) is 4.24. The van der Waals surface area contributed by atoms with E-state index in [0.29, 0.717) is 5.39 Å². The Morgan fingerprint density at radius 1 is 0.895 bits per heavy atom. The Hall–Kier alpha value is -2.09. The first-order valence-electron chi connectivity index (χ1n) is 6.43. The Morgan fingerprint density at radius 3 is 2.37 bits per heavy atom. The molecule has 0 saturated heterocycles. The van der Waals surface area contributed by atoms with Crippen molar-refractivity contribution < 1.29 is 4.42 Å². The summed E-state index contributed by atoms with van der Waals surface area (Å²) in [6.07, 6.45) is 0. The molecule has 2 heteroatoms. The van der Waals surface area contributed by atoms with E-state index in [0.717, 1.165) is 21.9 Å². The molecule has 0 fully saturated rings. The Morgan fingerprint density at radius 2 is 1.63 bits per heavy atom. The van der Waals surface area contributed by atoms with E-state index in [4.69, 9.17) is 4.42 Å². The lowest BCUT2D eigenvalue weighted by Crippen LogP contribution is -2.15. The van der Waals surface area contributed by atoms with Gasteiger partial charge in [-0.05, 0) is 22.9 Å². The second-order valence-electron chi connectivity index (χ2n) is 5.90. The van der Waals surface area contributed by atoms with Crippen molar-refractivity contribution >= 4 is 21.5 Å². The van der Waals surface area contributed by atoms with Gasteiger partial charge in [0.05, 0.1) is 5.39 Å². The Labute approximate surface area is 111 Å². The van der Waals surface area contributed by atoms with E-state index in [-0.39, 0.29) is 11.0 Å². The van der Waals surface area contributed by atoms with Gasteiger partial charge in [-0.25, -0.2) is 4.79 Å². The summed E-state index contributed by atoms with van der Waals surface area (Å²) in [5.74, 6) is 0.723. The molecule has 0 aliphatic rings. The molecule has 1 aromatic heterocycles. The molecule has 0 atom stereocenters. The van der Waals surface area contributed by atoms with Gasteiger partial charge in [0, 0.05) is 10.8 Å². The lowest BCUT2D eigenvalue weighted by Gasteiger charge is -2.17. The fourth-order valence-corrected chi connectivity index (χ4v) is 2.31. The predicted molar refractivity (Wildman–Crippen MR) is 78.7 cm³/mol. The van der Waals surface area contributed by atoms with Gasteiger partial charge in [-0.2, -0.15) is 0 Å². The summed E-state index contributed by atoms with van der Waals surface area (Å²) in [5, 5.41) is 3.85. The van der Waals surface area contributed by atoms with Gasteiger partial charge in [-0.3, -0.25) is 0 Å². The number of rotatable bonds is 0. The van der Waals surface area contributed by atoms with Crippen LogP contribution in [0.25, 0.3) is 21.5 Å². The zero-order valence-electron chi connectivity index (χ0n) is 11.4. The maximum Gasteiger partial charge on any atom is 0.343 e. The molecule has 2 nitrogen and oxygen atoms in total. The van der Waals surface area contributed by atoms with Gasteiger partial charge < -0.3 is 4.42 Å². The van der Waals surface area contributed by atoms with E-state index in [9.17, 15) is 4.79 Å². The van der Waals surface area contributed by atoms with E-state index in [1.807, 2.05) is 57.2 Å². The Balaban J connectivity index is 2.51. The minimum atomic E-state index is -0.256. The van der Waals surface area contributed by atoms with Crippen molar-refractivity contribution in [2.24, 2.45) is 0 Å². The number of benzene rings is 2. The zero-order chi connectivity index (χ0) is 13.6. The molecule has 1 heterocycles. The van der Waals surface area contributed by atoms with Gasteiger partial charge in [-0.15, -0.1) is 0 Å². The maximum atomic E-state index is 12.1. The van der Waals surface area contributed by atoms with Crippen LogP contribution in [0, 0.1) is 0 Å². The number of fused-ring (bicyclic) bond motifs is 3. The second-order valence-corrected chi connectivity index (χ2v) is 5.90. The summed E-state index contributed by atoms with van der Waals surface area (Å²) in [7, 11) is 0. The average molecular weight is 252 g/mol. The highest BCUT2D eigenvalue weighted by Crippen LogP contribution is 2.28. The molecular formula is C17H16O2. The van der Waals surface area contributed by atoms with Crippen LogP contribution >= 0.6 is 0 Å². The third kappa shape index (κ3) is 1.93. The molecule has 0 aliphatic heterocycles. The maximum absolute atomic E-state index is 12.1. The molecule has 2 aromatic carbocycles. The highest BCUT2D eigenvalue weighted by atomic mass is 16.4. The second kappa shape index (κ2) is 3.95. The molecule has 3 aromatic rings. The van der Waals surface area contributed by atoms with Gasteiger partial charge in [-0.1, -0.05) is 51.1 Å². The van der Waals surface area contributed by atoms with E-state index in [1.54, 1.807) is 0 Å². The standard InChI is InChI=1S/C17H16O2/c1-17(2,3)15-10-14-12-7-5-4-6-11(12)8-9-13(14)16(18)19-15/h4-10H,1-3H3. The van der Waals surface area contributed by atoms with Crippen molar-refractivity contribution in [2.45, 2.75) is 26.2 Å². The normalized spacial score (nSPS) is 12.2. The van der Waals surface area contributed by atoms with Gasteiger partial charge in [0.1, 0.15) is 5.76 Å². The minimum absolute atomic E-state index is 0.176. The first-order chi connectivity index (χ1) is 8.97. The summed E-state index contributed by atoms with van der Waals surface area (Å²) in [6.45, 7) is 6.13. The molecule has 0 amide bonds. The highest BCUT2D eigenvalue weighted by Gasteiger charge is 2.19. The van der Waals surface area contributed by atoms with Crippen molar-refractivity contribution in [2.75, 3.05) is 0 Å². The molecule has 19 heavy (non-hydrogen) atoms. The molecule has 0 radical (unpaired) electrons. The molecule has 96 valence electrons. The summed E-state index contributed by atoms with van der Waals surface area (Å²) in [4.78, 5) is 12.1. The Bertz CT molecular complexity index is 820. The molecule has 0 bridgehead atoms. The summed E-state index contributed by atoms with van der Waals surface area (Å²) >= 11 is 0.